The quantitative estimate of drug-likeness (QED) is 0.724. The lowest BCUT2D eigenvalue weighted by Gasteiger charge is -2.30. The predicted molar refractivity (Wildman–Crippen MR) is 65.1 cm³/mol. The van der Waals surface area contributed by atoms with Gasteiger partial charge in [-0.1, -0.05) is 41.6 Å². The van der Waals surface area contributed by atoms with Crippen LogP contribution in [0.3, 0.4) is 0 Å². The summed E-state index contributed by atoms with van der Waals surface area (Å²) < 4.78 is 0. The van der Waals surface area contributed by atoms with Crippen molar-refractivity contribution >= 4 is 21.8 Å². The maximum absolute atomic E-state index is 11.8. The van der Waals surface area contributed by atoms with Gasteiger partial charge in [0.1, 0.15) is 0 Å². The van der Waals surface area contributed by atoms with Gasteiger partial charge in [0.05, 0.1) is 4.83 Å². The average molecular weight is 274 g/mol. The Morgan fingerprint density at radius 3 is 2.67 bits per heavy atom. The molecule has 2 fully saturated rings. The van der Waals surface area contributed by atoms with E-state index in [0.717, 1.165) is 31.8 Å². The molecule has 2 aliphatic rings. The molecule has 1 aliphatic heterocycles. The number of hydrogen-bond donors (Lipinski definition) is 0. The highest BCUT2D eigenvalue weighted by atomic mass is 79.9. The monoisotopic (exact) mass is 273 g/mol. The van der Waals surface area contributed by atoms with Gasteiger partial charge in [-0.15, -0.1) is 0 Å². The fraction of sp³-hybridized carbons (Fsp3) is 0.917. The number of amides is 1. The minimum absolute atomic E-state index is 0.0924. The highest BCUT2D eigenvalue weighted by Crippen LogP contribution is 2.28. The Morgan fingerprint density at radius 1 is 1.20 bits per heavy atom. The molecule has 1 saturated heterocycles. The van der Waals surface area contributed by atoms with Crippen LogP contribution in [0.4, 0.5) is 0 Å². The summed E-state index contributed by atoms with van der Waals surface area (Å²) in [7, 11) is 0. The fourth-order valence-corrected chi connectivity index (χ4v) is 3.37. The molecule has 2 nitrogen and oxygen atoms in total. The number of alkyl halides is 1. The number of halogens is 1. The van der Waals surface area contributed by atoms with E-state index in [1.807, 2.05) is 0 Å². The zero-order chi connectivity index (χ0) is 10.7. The van der Waals surface area contributed by atoms with Gasteiger partial charge < -0.3 is 4.90 Å². The summed E-state index contributed by atoms with van der Waals surface area (Å²) in [6.45, 7) is 1.97. The minimum Gasteiger partial charge on any atom is -0.342 e. The molecule has 0 aromatic rings. The zero-order valence-corrected chi connectivity index (χ0v) is 10.8. The highest BCUT2D eigenvalue weighted by molar-refractivity contribution is 9.10. The van der Waals surface area contributed by atoms with Crippen LogP contribution in [0.5, 0.6) is 0 Å². The van der Waals surface area contributed by atoms with Gasteiger partial charge in [-0.25, -0.2) is 0 Å². The molecule has 3 heteroatoms. The van der Waals surface area contributed by atoms with E-state index in [-0.39, 0.29) is 4.83 Å². The molecule has 86 valence electrons. The first-order valence-corrected chi connectivity index (χ1v) is 7.12. The highest BCUT2D eigenvalue weighted by Gasteiger charge is 2.27. The molecule has 0 aromatic heterocycles. The third-order valence-electron chi connectivity index (χ3n) is 3.75. The molecule has 0 N–H and O–H groups in total. The summed E-state index contributed by atoms with van der Waals surface area (Å²) in [5.74, 6) is 1.22. The standard InChI is InChI=1S/C12H20BrNO/c13-11-6-3-8-14(12(11)15)9-7-10-4-1-2-5-10/h10-11H,1-9H2. The van der Waals surface area contributed by atoms with Crippen molar-refractivity contribution in [2.75, 3.05) is 13.1 Å². The van der Waals surface area contributed by atoms with E-state index < -0.39 is 0 Å². The number of carbonyl (C=O) groups is 1. The van der Waals surface area contributed by atoms with Gasteiger partial charge >= 0.3 is 0 Å². The van der Waals surface area contributed by atoms with Crippen LogP contribution in [-0.4, -0.2) is 28.7 Å². The lowest BCUT2D eigenvalue weighted by molar-refractivity contribution is -0.132. The number of hydrogen-bond acceptors (Lipinski definition) is 1. The summed E-state index contributed by atoms with van der Waals surface area (Å²) in [6.07, 6.45) is 8.98. The lowest BCUT2D eigenvalue weighted by Crippen LogP contribution is -2.42. The van der Waals surface area contributed by atoms with Crippen molar-refractivity contribution in [2.45, 2.75) is 49.8 Å². The first-order chi connectivity index (χ1) is 7.27. The molecule has 1 amide bonds. The van der Waals surface area contributed by atoms with Crippen LogP contribution in [0, 0.1) is 5.92 Å². The molecule has 1 saturated carbocycles. The molecule has 1 atom stereocenters. The van der Waals surface area contributed by atoms with E-state index >= 15 is 0 Å². The van der Waals surface area contributed by atoms with Crippen molar-refractivity contribution in [2.24, 2.45) is 5.92 Å². The number of likely N-dealkylation sites (tertiary alicyclic amines) is 1. The molecular weight excluding hydrogens is 254 g/mol. The van der Waals surface area contributed by atoms with Crippen LogP contribution in [0.15, 0.2) is 0 Å². The summed E-state index contributed by atoms with van der Waals surface area (Å²) in [6, 6.07) is 0. The summed E-state index contributed by atoms with van der Waals surface area (Å²) in [5.41, 5.74) is 0. The van der Waals surface area contributed by atoms with Gasteiger partial charge in [-0.2, -0.15) is 0 Å². The second kappa shape index (κ2) is 5.33. The second-order valence-electron chi connectivity index (χ2n) is 4.87. The second-order valence-corrected chi connectivity index (χ2v) is 5.98. The SMILES string of the molecule is O=C1C(Br)CCCN1CCC1CCCC1. The first kappa shape index (κ1) is 11.4. The Balaban J connectivity index is 1.75. The van der Waals surface area contributed by atoms with Crippen molar-refractivity contribution in [1.29, 1.82) is 0 Å². The van der Waals surface area contributed by atoms with Gasteiger partial charge in [0.2, 0.25) is 5.91 Å². The van der Waals surface area contributed by atoms with E-state index in [2.05, 4.69) is 20.8 Å². The molecule has 1 heterocycles. The number of rotatable bonds is 3. The van der Waals surface area contributed by atoms with Gasteiger partial charge in [0.15, 0.2) is 0 Å². The molecule has 0 bridgehead atoms. The Morgan fingerprint density at radius 2 is 1.93 bits per heavy atom. The molecule has 1 unspecified atom stereocenters. The van der Waals surface area contributed by atoms with Crippen LogP contribution < -0.4 is 0 Å². The topological polar surface area (TPSA) is 20.3 Å². The van der Waals surface area contributed by atoms with Crippen LogP contribution >= 0.6 is 15.9 Å². The molecular formula is C12H20BrNO. The van der Waals surface area contributed by atoms with E-state index in [9.17, 15) is 4.79 Å². The van der Waals surface area contributed by atoms with Crippen molar-refractivity contribution in [3.05, 3.63) is 0 Å². The van der Waals surface area contributed by atoms with E-state index in [1.54, 1.807) is 0 Å². The lowest BCUT2D eigenvalue weighted by atomic mass is 10.0. The van der Waals surface area contributed by atoms with Crippen LogP contribution in [-0.2, 0) is 4.79 Å². The minimum atomic E-state index is 0.0924. The zero-order valence-electron chi connectivity index (χ0n) is 9.25. The van der Waals surface area contributed by atoms with Crippen molar-refractivity contribution in [1.82, 2.24) is 4.90 Å². The Bertz CT molecular complexity index is 226. The van der Waals surface area contributed by atoms with Gasteiger partial charge in [-0.05, 0) is 25.2 Å². The van der Waals surface area contributed by atoms with Crippen molar-refractivity contribution in [3.63, 3.8) is 0 Å². The maximum Gasteiger partial charge on any atom is 0.236 e. The Hall–Kier alpha value is -0.0500. The van der Waals surface area contributed by atoms with Crippen molar-refractivity contribution in [3.8, 4) is 0 Å². The van der Waals surface area contributed by atoms with E-state index in [1.165, 1.54) is 32.1 Å². The molecule has 2 rings (SSSR count). The molecule has 1 aliphatic carbocycles. The third-order valence-corrected chi connectivity index (χ3v) is 4.60. The number of piperidine rings is 1. The summed E-state index contributed by atoms with van der Waals surface area (Å²) in [5, 5.41) is 0. The Labute approximate surface area is 101 Å². The fourth-order valence-electron chi connectivity index (χ4n) is 2.75. The Kier molecular flexibility index (Phi) is 4.06. The molecule has 0 radical (unpaired) electrons. The van der Waals surface area contributed by atoms with Crippen LogP contribution in [0.1, 0.15) is 44.9 Å². The first-order valence-electron chi connectivity index (χ1n) is 6.20. The molecule has 0 spiro atoms. The van der Waals surface area contributed by atoms with Gasteiger partial charge in [0.25, 0.3) is 0 Å². The van der Waals surface area contributed by atoms with Crippen molar-refractivity contribution < 1.29 is 4.79 Å². The van der Waals surface area contributed by atoms with E-state index in [4.69, 9.17) is 0 Å². The number of carbonyl (C=O) groups excluding carboxylic acids is 1. The smallest absolute Gasteiger partial charge is 0.236 e. The predicted octanol–water partition coefficient (Wildman–Crippen LogP) is 2.95. The van der Waals surface area contributed by atoms with Crippen LogP contribution in [0.25, 0.3) is 0 Å². The summed E-state index contributed by atoms with van der Waals surface area (Å²) in [4.78, 5) is 14.0. The maximum atomic E-state index is 11.8. The van der Waals surface area contributed by atoms with Crippen LogP contribution in [0.2, 0.25) is 0 Å². The molecule has 0 aromatic carbocycles. The van der Waals surface area contributed by atoms with Gasteiger partial charge in [0, 0.05) is 13.1 Å². The molecule has 15 heavy (non-hydrogen) atoms. The normalized spacial score (nSPS) is 28.7. The third kappa shape index (κ3) is 2.96. The largest absolute Gasteiger partial charge is 0.342 e. The van der Waals surface area contributed by atoms with Gasteiger partial charge in [-0.3, -0.25) is 4.79 Å². The summed E-state index contributed by atoms with van der Waals surface area (Å²) >= 11 is 3.46. The van der Waals surface area contributed by atoms with E-state index in [0.29, 0.717) is 5.91 Å². The number of nitrogens with zero attached hydrogens (tertiary/aromatic N) is 1. The average Bonchev–Trinajstić information content (AvgIpc) is 2.73.